The molecule has 0 atom stereocenters. The molecule has 1 aliphatic rings. The molecule has 1 aromatic rings. The summed E-state index contributed by atoms with van der Waals surface area (Å²) < 4.78 is 5.20. The van der Waals surface area contributed by atoms with Crippen molar-refractivity contribution >= 4 is 23.8 Å². The van der Waals surface area contributed by atoms with Gasteiger partial charge in [-0.1, -0.05) is 6.07 Å². The molecule has 0 spiro atoms. The summed E-state index contributed by atoms with van der Waals surface area (Å²) in [6.07, 6.45) is 2.60. The highest BCUT2D eigenvalue weighted by Crippen LogP contribution is 2.17. The maximum atomic E-state index is 12.1. The van der Waals surface area contributed by atoms with E-state index in [0.29, 0.717) is 32.0 Å². The zero-order valence-corrected chi connectivity index (χ0v) is 11.8. The number of morpholine rings is 1. The van der Waals surface area contributed by atoms with Crippen LogP contribution in [0.2, 0.25) is 0 Å². The third kappa shape index (κ3) is 4.32. The molecule has 0 saturated carbocycles. The molecule has 2 N–H and O–H groups in total. The summed E-state index contributed by atoms with van der Waals surface area (Å²) in [6.45, 7) is 4.13. The molecule has 1 heterocycles. The second-order valence-electron chi connectivity index (χ2n) is 4.77. The minimum absolute atomic E-state index is 0.171. The number of rotatable bonds is 3. The smallest absolute Gasteiger partial charge is 0.328 e. The number of aryl methyl sites for hydroxylation is 1. The van der Waals surface area contributed by atoms with Crippen LogP contribution in [0.4, 0.5) is 10.5 Å². The number of anilines is 1. The highest BCUT2D eigenvalue weighted by molar-refractivity contribution is 5.90. The highest BCUT2D eigenvalue weighted by Gasteiger charge is 2.16. The Morgan fingerprint density at radius 2 is 2.05 bits per heavy atom. The van der Waals surface area contributed by atoms with Gasteiger partial charge in [0.1, 0.15) is 0 Å². The van der Waals surface area contributed by atoms with E-state index < -0.39 is 5.97 Å². The topological polar surface area (TPSA) is 78.9 Å². The number of carboxylic acid groups (broad SMARTS) is 1. The minimum atomic E-state index is -1.00. The van der Waals surface area contributed by atoms with Gasteiger partial charge in [-0.3, -0.25) is 0 Å². The van der Waals surface area contributed by atoms with E-state index in [0.717, 1.165) is 17.2 Å². The summed E-state index contributed by atoms with van der Waals surface area (Å²) in [4.78, 5) is 24.3. The predicted molar refractivity (Wildman–Crippen MR) is 79.3 cm³/mol. The average Bonchev–Trinajstić information content (AvgIpc) is 2.48. The number of urea groups is 1. The van der Waals surface area contributed by atoms with Crippen LogP contribution in [0.1, 0.15) is 11.1 Å². The third-order valence-electron chi connectivity index (χ3n) is 3.23. The van der Waals surface area contributed by atoms with Crippen LogP contribution >= 0.6 is 0 Å². The number of aliphatic carboxylic acids is 1. The van der Waals surface area contributed by atoms with Crippen LogP contribution in [0.3, 0.4) is 0 Å². The molecule has 1 aromatic carbocycles. The normalized spacial score (nSPS) is 15.2. The largest absolute Gasteiger partial charge is 0.478 e. The van der Waals surface area contributed by atoms with Gasteiger partial charge < -0.3 is 20.1 Å². The molecule has 0 bridgehead atoms. The molecule has 1 fully saturated rings. The first-order chi connectivity index (χ1) is 10.1. The number of carbonyl (C=O) groups is 2. The third-order valence-corrected chi connectivity index (χ3v) is 3.23. The van der Waals surface area contributed by atoms with Gasteiger partial charge in [-0.2, -0.15) is 0 Å². The number of ether oxygens (including phenoxy) is 1. The zero-order valence-electron chi connectivity index (χ0n) is 11.8. The Morgan fingerprint density at radius 3 is 2.71 bits per heavy atom. The van der Waals surface area contributed by atoms with Crippen molar-refractivity contribution < 1.29 is 19.4 Å². The molecule has 21 heavy (non-hydrogen) atoms. The zero-order chi connectivity index (χ0) is 15.2. The lowest BCUT2D eigenvalue weighted by Crippen LogP contribution is -2.43. The summed E-state index contributed by atoms with van der Waals surface area (Å²) in [5.41, 5.74) is 2.34. The van der Waals surface area contributed by atoms with Crippen molar-refractivity contribution in [2.45, 2.75) is 6.92 Å². The summed E-state index contributed by atoms with van der Waals surface area (Å²) in [7, 11) is 0. The van der Waals surface area contributed by atoms with E-state index in [1.54, 1.807) is 17.0 Å². The molecule has 0 radical (unpaired) electrons. The standard InChI is InChI=1S/C15H18N2O4/c1-11-2-4-13(10-12(11)3-5-14(18)19)16-15(20)17-6-8-21-9-7-17/h2-5,10H,6-9H2,1H3,(H,16,20)(H,18,19). The van der Waals surface area contributed by atoms with Gasteiger partial charge in [-0.25, -0.2) is 9.59 Å². The van der Waals surface area contributed by atoms with Crippen LogP contribution in [0.15, 0.2) is 24.3 Å². The molecule has 112 valence electrons. The van der Waals surface area contributed by atoms with Gasteiger partial charge in [0.15, 0.2) is 0 Å². The van der Waals surface area contributed by atoms with E-state index >= 15 is 0 Å². The van der Waals surface area contributed by atoms with Crippen LogP contribution in [0.5, 0.6) is 0 Å². The van der Waals surface area contributed by atoms with Crippen LogP contribution in [-0.4, -0.2) is 48.3 Å². The molecule has 6 heteroatoms. The number of nitrogens with one attached hydrogen (secondary N) is 1. The van der Waals surface area contributed by atoms with E-state index in [-0.39, 0.29) is 6.03 Å². The monoisotopic (exact) mass is 290 g/mol. The van der Waals surface area contributed by atoms with E-state index in [4.69, 9.17) is 9.84 Å². The van der Waals surface area contributed by atoms with Crippen LogP contribution in [0, 0.1) is 6.92 Å². The molecule has 1 aliphatic heterocycles. The van der Waals surface area contributed by atoms with E-state index in [9.17, 15) is 9.59 Å². The molecule has 0 aliphatic carbocycles. The van der Waals surface area contributed by atoms with Crippen molar-refractivity contribution in [2.24, 2.45) is 0 Å². The number of nitrogens with zero attached hydrogens (tertiary/aromatic N) is 1. The second-order valence-corrected chi connectivity index (χ2v) is 4.77. The number of carboxylic acids is 1. The van der Waals surface area contributed by atoms with Crippen molar-refractivity contribution in [3.8, 4) is 0 Å². The highest BCUT2D eigenvalue weighted by atomic mass is 16.5. The van der Waals surface area contributed by atoms with Gasteiger partial charge in [0, 0.05) is 24.9 Å². The summed E-state index contributed by atoms with van der Waals surface area (Å²) in [5.74, 6) is -1.00. The van der Waals surface area contributed by atoms with E-state index in [1.165, 1.54) is 6.08 Å². The fourth-order valence-corrected chi connectivity index (χ4v) is 2.03. The Labute approximate surface area is 123 Å². The fraction of sp³-hybridized carbons (Fsp3) is 0.333. The van der Waals surface area contributed by atoms with Crippen molar-refractivity contribution in [3.63, 3.8) is 0 Å². The maximum absolute atomic E-state index is 12.1. The Kier molecular flexibility index (Phi) is 4.94. The second kappa shape index (κ2) is 6.90. The van der Waals surface area contributed by atoms with E-state index in [1.807, 2.05) is 13.0 Å². The lowest BCUT2D eigenvalue weighted by Gasteiger charge is -2.27. The molecular formula is C15H18N2O4. The van der Waals surface area contributed by atoms with Crippen molar-refractivity contribution in [1.29, 1.82) is 0 Å². The first-order valence-electron chi connectivity index (χ1n) is 6.71. The maximum Gasteiger partial charge on any atom is 0.328 e. The quantitative estimate of drug-likeness (QED) is 0.834. The first-order valence-corrected chi connectivity index (χ1v) is 6.71. The van der Waals surface area contributed by atoms with Gasteiger partial charge in [0.05, 0.1) is 13.2 Å². The summed E-state index contributed by atoms with van der Waals surface area (Å²) >= 11 is 0. The predicted octanol–water partition coefficient (Wildman–Crippen LogP) is 1.96. The number of hydrogen-bond donors (Lipinski definition) is 2. The van der Waals surface area contributed by atoms with Crippen molar-refractivity contribution in [2.75, 3.05) is 31.6 Å². The Hall–Kier alpha value is -2.34. The van der Waals surface area contributed by atoms with Gasteiger partial charge >= 0.3 is 12.0 Å². The molecular weight excluding hydrogens is 272 g/mol. The first kappa shape index (κ1) is 15.1. The van der Waals surface area contributed by atoms with Gasteiger partial charge in [0.2, 0.25) is 0 Å². The Bertz CT molecular complexity index is 563. The average molecular weight is 290 g/mol. The molecule has 1 saturated heterocycles. The van der Waals surface area contributed by atoms with E-state index in [2.05, 4.69) is 5.32 Å². The minimum Gasteiger partial charge on any atom is -0.478 e. The van der Waals surface area contributed by atoms with Crippen LogP contribution in [0.25, 0.3) is 6.08 Å². The Balaban J connectivity index is 2.07. The molecule has 0 aromatic heterocycles. The molecule has 2 amide bonds. The number of amides is 2. The SMILES string of the molecule is Cc1ccc(NC(=O)N2CCOCC2)cc1C=CC(=O)O. The number of hydrogen-bond acceptors (Lipinski definition) is 3. The summed E-state index contributed by atoms with van der Waals surface area (Å²) in [5, 5.41) is 11.5. The van der Waals surface area contributed by atoms with Gasteiger partial charge in [0.25, 0.3) is 0 Å². The van der Waals surface area contributed by atoms with Crippen molar-refractivity contribution in [3.05, 3.63) is 35.4 Å². The van der Waals surface area contributed by atoms with Crippen molar-refractivity contribution in [1.82, 2.24) is 4.90 Å². The van der Waals surface area contributed by atoms with Crippen LogP contribution in [-0.2, 0) is 9.53 Å². The number of carbonyl (C=O) groups excluding carboxylic acids is 1. The van der Waals surface area contributed by atoms with Gasteiger partial charge in [-0.05, 0) is 36.3 Å². The molecule has 2 rings (SSSR count). The summed E-state index contributed by atoms with van der Waals surface area (Å²) in [6, 6.07) is 5.23. The lowest BCUT2D eigenvalue weighted by molar-refractivity contribution is -0.131. The molecule has 6 nitrogen and oxygen atoms in total. The van der Waals surface area contributed by atoms with Crippen LogP contribution < -0.4 is 5.32 Å². The Morgan fingerprint density at radius 1 is 1.33 bits per heavy atom. The fourth-order valence-electron chi connectivity index (χ4n) is 2.03. The molecule has 0 unspecified atom stereocenters. The lowest BCUT2D eigenvalue weighted by atomic mass is 10.1. The number of benzene rings is 1. The van der Waals surface area contributed by atoms with Gasteiger partial charge in [-0.15, -0.1) is 0 Å².